The molecule has 0 aliphatic heterocycles. The number of nitrogens with one attached hydrogen (secondary N) is 1. The molecule has 2 rings (SSSR count). The third-order valence-electron chi connectivity index (χ3n) is 2.61. The van der Waals surface area contributed by atoms with Gasteiger partial charge in [0, 0.05) is 18.9 Å². The summed E-state index contributed by atoms with van der Waals surface area (Å²) < 4.78 is 1.80. The number of fused-ring (bicyclic) bond motifs is 1. The Morgan fingerprint density at radius 1 is 1.44 bits per heavy atom. The van der Waals surface area contributed by atoms with E-state index in [2.05, 4.69) is 29.2 Å². The van der Waals surface area contributed by atoms with Gasteiger partial charge in [-0.25, -0.2) is 9.50 Å². The van der Waals surface area contributed by atoms with Gasteiger partial charge in [0.1, 0.15) is 5.52 Å². The van der Waals surface area contributed by atoms with Crippen molar-refractivity contribution in [2.75, 3.05) is 18.4 Å². The lowest BCUT2D eigenvalue weighted by Gasteiger charge is -2.23. The molecule has 86 valence electrons. The Balaban J connectivity index is 2.18. The van der Waals surface area contributed by atoms with Crippen LogP contribution < -0.4 is 11.1 Å². The molecule has 0 unspecified atom stereocenters. The molecule has 16 heavy (non-hydrogen) atoms. The zero-order valence-electron chi connectivity index (χ0n) is 9.64. The van der Waals surface area contributed by atoms with Crippen molar-refractivity contribution < 1.29 is 0 Å². The topological polar surface area (TPSA) is 68.2 Å². The molecule has 0 aliphatic rings. The van der Waals surface area contributed by atoms with Crippen LogP contribution >= 0.6 is 0 Å². The second-order valence-corrected chi connectivity index (χ2v) is 4.66. The van der Waals surface area contributed by atoms with Gasteiger partial charge in [0.05, 0.1) is 6.20 Å². The Morgan fingerprint density at radius 3 is 3.00 bits per heavy atom. The maximum absolute atomic E-state index is 5.69. The molecule has 0 atom stereocenters. The number of rotatable bonds is 4. The fourth-order valence-electron chi connectivity index (χ4n) is 1.39. The highest BCUT2D eigenvalue weighted by molar-refractivity contribution is 5.66. The zero-order chi connectivity index (χ0) is 11.6. The van der Waals surface area contributed by atoms with Crippen molar-refractivity contribution in [3.05, 3.63) is 24.7 Å². The van der Waals surface area contributed by atoms with E-state index in [0.29, 0.717) is 6.54 Å². The monoisotopic (exact) mass is 219 g/mol. The molecule has 0 aliphatic carbocycles. The molecule has 5 nitrogen and oxygen atoms in total. The molecule has 5 heteroatoms. The molecule has 2 aromatic heterocycles. The number of hydrogen-bond acceptors (Lipinski definition) is 4. The van der Waals surface area contributed by atoms with Crippen molar-refractivity contribution in [3.63, 3.8) is 0 Å². The number of aromatic nitrogens is 3. The van der Waals surface area contributed by atoms with Crippen LogP contribution in [0.1, 0.15) is 13.8 Å². The first-order valence-electron chi connectivity index (χ1n) is 5.35. The van der Waals surface area contributed by atoms with Crippen molar-refractivity contribution in [3.8, 4) is 0 Å². The predicted octanol–water partition coefficient (Wildman–Crippen LogP) is 1.13. The minimum Gasteiger partial charge on any atom is -0.368 e. The third-order valence-corrected chi connectivity index (χ3v) is 2.61. The summed E-state index contributed by atoms with van der Waals surface area (Å²) >= 11 is 0. The lowest BCUT2D eigenvalue weighted by molar-refractivity contribution is 0.405. The summed E-state index contributed by atoms with van der Waals surface area (Å²) in [5.41, 5.74) is 6.73. The lowest BCUT2D eigenvalue weighted by Crippen LogP contribution is -2.31. The quantitative estimate of drug-likeness (QED) is 0.808. The molecule has 0 spiro atoms. The van der Waals surface area contributed by atoms with Crippen LogP contribution in [0.4, 0.5) is 5.82 Å². The highest BCUT2D eigenvalue weighted by atomic mass is 15.2. The van der Waals surface area contributed by atoms with E-state index in [0.717, 1.165) is 17.9 Å². The Labute approximate surface area is 94.7 Å². The second kappa shape index (κ2) is 4.09. The van der Waals surface area contributed by atoms with E-state index in [1.165, 1.54) is 0 Å². The summed E-state index contributed by atoms with van der Waals surface area (Å²) in [6.45, 7) is 5.68. The minimum absolute atomic E-state index is 0.0640. The normalized spacial score (nSPS) is 11.9. The van der Waals surface area contributed by atoms with Gasteiger partial charge in [-0.05, 0) is 18.0 Å². The van der Waals surface area contributed by atoms with Gasteiger partial charge in [-0.15, -0.1) is 0 Å². The first-order chi connectivity index (χ1) is 7.62. The molecule has 3 N–H and O–H groups in total. The van der Waals surface area contributed by atoms with E-state index >= 15 is 0 Å². The van der Waals surface area contributed by atoms with Crippen molar-refractivity contribution in [1.29, 1.82) is 0 Å². The first kappa shape index (κ1) is 10.9. The van der Waals surface area contributed by atoms with Crippen LogP contribution in [0.3, 0.4) is 0 Å². The van der Waals surface area contributed by atoms with Gasteiger partial charge in [0.15, 0.2) is 5.82 Å². The standard InChI is InChI=1S/C11H17N5/c1-11(2,7-12)8-14-10-9-3-4-15-16(9)6-5-13-10/h3-6H,7-8,12H2,1-2H3,(H,13,14). The molecule has 0 fully saturated rings. The number of nitrogens with two attached hydrogens (primary N) is 1. The van der Waals surface area contributed by atoms with Crippen LogP contribution in [-0.2, 0) is 0 Å². The maximum Gasteiger partial charge on any atom is 0.152 e. The van der Waals surface area contributed by atoms with Crippen LogP contribution in [0, 0.1) is 5.41 Å². The SMILES string of the molecule is CC(C)(CN)CNc1nccn2nccc12. The van der Waals surface area contributed by atoms with E-state index in [4.69, 9.17) is 5.73 Å². The van der Waals surface area contributed by atoms with Gasteiger partial charge in [-0.3, -0.25) is 0 Å². The van der Waals surface area contributed by atoms with Crippen LogP contribution in [-0.4, -0.2) is 27.7 Å². The Morgan fingerprint density at radius 2 is 2.25 bits per heavy atom. The zero-order valence-corrected chi connectivity index (χ0v) is 9.64. The fourth-order valence-corrected chi connectivity index (χ4v) is 1.39. The first-order valence-corrected chi connectivity index (χ1v) is 5.35. The van der Waals surface area contributed by atoms with E-state index in [-0.39, 0.29) is 5.41 Å². The van der Waals surface area contributed by atoms with Crippen LogP contribution in [0.2, 0.25) is 0 Å². The Bertz CT molecular complexity index is 474. The van der Waals surface area contributed by atoms with Crippen molar-refractivity contribution in [1.82, 2.24) is 14.6 Å². The second-order valence-electron chi connectivity index (χ2n) is 4.66. The summed E-state index contributed by atoms with van der Waals surface area (Å²) in [7, 11) is 0. The van der Waals surface area contributed by atoms with Gasteiger partial charge in [0.2, 0.25) is 0 Å². The van der Waals surface area contributed by atoms with E-state index in [1.54, 1.807) is 16.9 Å². The number of anilines is 1. The highest BCUT2D eigenvalue weighted by Gasteiger charge is 2.15. The van der Waals surface area contributed by atoms with E-state index in [9.17, 15) is 0 Å². The maximum atomic E-state index is 5.69. The number of hydrogen-bond donors (Lipinski definition) is 2. The van der Waals surface area contributed by atoms with Crippen molar-refractivity contribution in [2.45, 2.75) is 13.8 Å². The molecule has 0 amide bonds. The van der Waals surface area contributed by atoms with Gasteiger partial charge >= 0.3 is 0 Å². The minimum atomic E-state index is 0.0640. The summed E-state index contributed by atoms with van der Waals surface area (Å²) in [4.78, 5) is 4.30. The average molecular weight is 219 g/mol. The number of nitrogens with zero attached hydrogens (tertiary/aromatic N) is 3. The largest absolute Gasteiger partial charge is 0.368 e. The fraction of sp³-hybridized carbons (Fsp3) is 0.455. The molecule has 0 radical (unpaired) electrons. The summed E-state index contributed by atoms with van der Waals surface area (Å²) in [5, 5.41) is 7.47. The predicted molar refractivity (Wildman–Crippen MR) is 64.3 cm³/mol. The van der Waals surface area contributed by atoms with Gasteiger partial charge < -0.3 is 11.1 Å². The molecule has 0 aromatic carbocycles. The summed E-state index contributed by atoms with van der Waals surface area (Å²) in [5.74, 6) is 0.849. The van der Waals surface area contributed by atoms with Gasteiger partial charge in [0.25, 0.3) is 0 Å². The van der Waals surface area contributed by atoms with Crippen molar-refractivity contribution >= 4 is 11.3 Å². The molecule has 0 saturated carbocycles. The van der Waals surface area contributed by atoms with Crippen molar-refractivity contribution in [2.24, 2.45) is 11.1 Å². The van der Waals surface area contributed by atoms with Crippen LogP contribution in [0.25, 0.3) is 5.52 Å². The van der Waals surface area contributed by atoms with Gasteiger partial charge in [-0.2, -0.15) is 5.10 Å². The smallest absolute Gasteiger partial charge is 0.152 e. The average Bonchev–Trinajstić information content (AvgIpc) is 2.75. The summed E-state index contributed by atoms with van der Waals surface area (Å²) in [6.07, 6.45) is 5.32. The highest BCUT2D eigenvalue weighted by Crippen LogP contribution is 2.17. The molecular weight excluding hydrogens is 202 g/mol. The Hall–Kier alpha value is -1.62. The molecular formula is C11H17N5. The molecule has 2 aromatic rings. The van der Waals surface area contributed by atoms with E-state index in [1.807, 2.05) is 12.3 Å². The van der Waals surface area contributed by atoms with Crippen LogP contribution in [0.15, 0.2) is 24.7 Å². The summed E-state index contributed by atoms with van der Waals surface area (Å²) in [6, 6.07) is 1.94. The molecule has 0 saturated heterocycles. The third kappa shape index (κ3) is 2.14. The molecule has 0 bridgehead atoms. The molecule has 2 heterocycles. The van der Waals surface area contributed by atoms with E-state index < -0.39 is 0 Å². The van der Waals surface area contributed by atoms with Gasteiger partial charge in [-0.1, -0.05) is 13.8 Å². The lowest BCUT2D eigenvalue weighted by atomic mass is 9.94. The van der Waals surface area contributed by atoms with Crippen LogP contribution in [0.5, 0.6) is 0 Å². The Kier molecular flexibility index (Phi) is 2.78.